The van der Waals surface area contributed by atoms with E-state index in [0.717, 1.165) is 0 Å². The molecule has 2 heterocycles. The first-order chi connectivity index (χ1) is 9.15. The van der Waals surface area contributed by atoms with Crippen LogP contribution in [-0.2, 0) is 11.2 Å². The number of hydrogen-bond donors (Lipinski definition) is 1. The van der Waals surface area contributed by atoms with Crippen molar-refractivity contribution in [3.8, 4) is 11.5 Å². The van der Waals surface area contributed by atoms with E-state index in [4.69, 9.17) is 15.0 Å². The highest BCUT2D eigenvalue weighted by atomic mass is 19.3. The van der Waals surface area contributed by atoms with Crippen LogP contribution in [0.2, 0.25) is 0 Å². The van der Waals surface area contributed by atoms with Gasteiger partial charge < -0.3 is 15.0 Å². The lowest BCUT2D eigenvalue weighted by molar-refractivity contribution is 0.0182. The lowest BCUT2D eigenvalue weighted by Gasteiger charge is -1.99. The highest BCUT2D eigenvalue weighted by molar-refractivity contribution is 5.56. The van der Waals surface area contributed by atoms with Crippen molar-refractivity contribution >= 4 is 5.82 Å². The van der Waals surface area contributed by atoms with E-state index in [1.807, 2.05) is 0 Å². The lowest BCUT2D eigenvalue weighted by atomic mass is 10.2. The topological polar surface area (TPSA) is 87.1 Å². The Morgan fingerprint density at radius 2 is 2.26 bits per heavy atom. The van der Waals surface area contributed by atoms with Gasteiger partial charge in [-0.2, -0.15) is 4.98 Å². The molecule has 8 heteroatoms. The molecule has 2 aromatic rings. The van der Waals surface area contributed by atoms with E-state index in [1.54, 1.807) is 12.1 Å². The minimum Gasteiger partial charge on any atom is -0.384 e. The van der Waals surface area contributed by atoms with Gasteiger partial charge in [-0.3, -0.25) is 0 Å². The number of ether oxygens (including phenoxy) is 1. The van der Waals surface area contributed by atoms with Crippen LogP contribution in [0.15, 0.2) is 22.9 Å². The highest BCUT2D eigenvalue weighted by Gasteiger charge is 2.09. The van der Waals surface area contributed by atoms with Gasteiger partial charge in [-0.15, -0.1) is 0 Å². The molecule has 0 spiro atoms. The number of hydrogen-bond acceptors (Lipinski definition) is 6. The number of aromatic nitrogens is 3. The number of halogens is 2. The van der Waals surface area contributed by atoms with Crippen molar-refractivity contribution in [2.45, 2.75) is 12.8 Å². The molecule has 0 bridgehead atoms. The molecule has 19 heavy (non-hydrogen) atoms. The average Bonchev–Trinajstić information content (AvgIpc) is 2.83. The second kappa shape index (κ2) is 6.19. The van der Waals surface area contributed by atoms with Crippen molar-refractivity contribution in [2.24, 2.45) is 0 Å². The fourth-order valence-electron chi connectivity index (χ4n) is 1.39. The summed E-state index contributed by atoms with van der Waals surface area (Å²) in [6.07, 6.45) is -0.641. The van der Waals surface area contributed by atoms with Crippen LogP contribution in [0.25, 0.3) is 11.5 Å². The molecule has 0 aromatic carbocycles. The Balaban J connectivity index is 1.92. The van der Waals surface area contributed by atoms with Crippen molar-refractivity contribution in [1.29, 1.82) is 0 Å². The minimum atomic E-state index is -2.47. The molecule has 0 saturated heterocycles. The van der Waals surface area contributed by atoms with E-state index >= 15 is 0 Å². The summed E-state index contributed by atoms with van der Waals surface area (Å²) in [7, 11) is 0. The highest BCUT2D eigenvalue weighted by Crippen LogP contribution is 2.17. The van der Waals surface area contributed by atoms with Crippen LogP contribution < -0.4 is 5.73 Å². The Hall–Kier alpha value is -2.09. The monoisotopic (exact) mass is 270 g/mol. The van der Waals surface area contributed by atoms with Crippen LogP contribution in [0.5, 0.6) is 0 Å². The minimum absolute atomic E-state index is 0.113. The van der Waals surface area contributed by atoms with E-state index in [0.29, 0.717) is 29.5 Å². The Kier molecular flexibility index (Phi) is 4.35. The predicted molar refractivity (Wildman–Crippen MR) is 62.5 cm³/mol. The van der Waals surface area contributed by atoms with E-state index in [1.165, 1.54) is 6.20 Å². The van der Waals surface area contributed by atoms with Gasteiger partial charge in [0.25, 0.3) is 12.3 Å². The van der Waals surface area contributed by atoms with Crippen LogP contribution in [0.4, 0.5) is 14.6 Å². The first-order valence-electron chi connectivity index (χ1n) is 5.55. The number of rotatable bonds is 6. The molecule has 0 aliphatic carbocycles. The molecule has 2 rings (SSSR count). The van der Waals surface area contributed by atoms with Crippen molar-refractivity contribution in [2.75, 3.05) is 18.9 Å². The van der Waals surface area contributed by atoms with Gasteiger partial charge in [0.15, 0.2) is 5.82 Å². The first-order valence-corrected chi connectivity index (χ1v) is 5.55. The molecule has 6 nitrogen and oxygen atoms in total. The number of nitrogens with zero attached hydrogens (tertiary/aromatic N) is 3. The Morgan fingerprint density at radius 3 is 3.00 bits per heavy atom. The van der Waals surface area contributed by atoms with Gasteiger partial charge >= 0.3 is 0 Å². The molecule has 102 valence electrons. The predicted octanol–water partition coefficient (Wildman–Crippen LogP) is 1.54. The van der Waals surface area contributed by atoms with Gasteiger partial charge in [-0.25, -0.2) is 13.8 Å². The zero-order chi connectivity index (χ0) is 13.7. The summed E-state index contributed by atoms with van der Waals surface area (Å²) in [6, 6.07) is 3.28. The standard InChI is InChI=1S/C11H12F2N4O2/c12-8(13)6-18-4-2-10-16-11(19-17-10)7-1-3-15-9(14)5-7/h1,3,5,8H,2,4,6H2,(H2,14,15). The smallest absolute Gasteiger partial charge is 0.261 e. The van der Waals surface area contributed by atoms with Gasteiger partial charge in [0.1, 0.15) is 12.4 Å². The van der Waals surface area contributed by atoms with Crippen LogP contribution >= 0.6 is 0 Å². The first kappa shape index (κ1) is 13.3. The van der Waals surface area contributed by atoms with Gasteiger partial charge in [-0.05, 0) is 12.1 Å². The van der Waals surface area contributed by atoms with Crippen molar-refractivity contribution in [1.82, 2.24) is 15.1 Å². The van der Waals surface area contributed by atoms with Gasteiger partial charge in [0.2, 0.25) is 0 Å². The molecule has 0 radical (unpaired) electrons. The summed E-state index contributed by atoms with van der Waals surface area (Å²) in [4.78, 5) is 7.96. The van der Waals surface area contributed by atoms with Crippen molar-refractivity contribution in [3.63, 3.8) is 0 Å². The van der Waals surface area contributed by atoms with E-state index in [-0.39, 0.29) is 6.61 Å². The maximum atomic E-state index is 11.8. The third kappa shape index (κ3) is 3.95. The number of nitrogen functional groups attached to an aromatic ring is 1. The van der Waals surface area contributed by atoms with Gasteiger partial charge in [0, 0.05) is 18.2 Å². The van der Waals surface area contributed by atoms with E-state index < -0.39 is 13.0 Å². The number of alkyl halides is 2. The molecule has 0 atom stereocenters. The molecule has 0 saturated carbocycles. The zero-order valence-corrected chi connectivity index (χ0v) is 9.92. The largest absolute Gasteiger partial charge is 0.384 e. The summed E-state index contributed by atoms with van der Waals surface area (Å²) >= 11 is 0. The number of nitrogens with two attached hydrogens (primary N) is 1. The number of anilines is 1. The molecule has 0 aliphatic rings. The summed E-state index contributed by atoms with van der Waals surface area (Å²) in [5, 5.41) is 3.72. The van der Waals surface area contributed by atoms with Crippen molar-refractivity contribution in [3.05, 3.63) is 24.2 Å². The van der Waals surface area contributed by atoms with Crippen LogP contribution in [0.1, 0.15) is 5.82 Å². The summed E-state index contributed by atoms with van der Waals surface area (Å²) < 4.78 is 33.4. The summed E-state index contributed by atoms with van der Waals surface area (Å²) in [5.41, 5.74) is 6.19. The molecule has 0 aliphatic heterocycles. The van der Waals surface area contributed by atoms with Crippen LogP contribution in [0.3, 0.4) is 0 Å². The fourth-order valence-corrected chi connectivity index (χ4v) is 1.39. The van der Waals surface area contributed by atoms with Gasteiger partial charge in [-0.1, -0.05) is 5.16 Å². The fraction of sp³-hybridized carbons (Fsp3) is 0.364. The molecule has 0 fully saturated rings. The maximum Gasteiger partial charge on any atom is 0.261 e. The number of pyridine rings is 1. The van der Waals surface area contributed by atoms with Crippen molar-refractivity contribution < 1.29 is 18.0 Å². The van der Waals surface area contributed by atoms with E-state index in [9.17, 15) is 8.78 Å². The average molecular weight is 270 g/mol. The quantitative estimate of drug-likeness (QED) is 0.801. The van der Waals surface area contributed by atoms with Gasteiger partial charge in [0.05, 0.1) is 6.61 Å². The zero-order valence-electron chi connectivity index (χ0n) is 9.92. The third-order valence-corrected chi connectivity index (χ3v) is 2.21. The SMILES string of the molecule is Nc1cc(-c2nc(CCOCC(F)F)no2)ccn1. The summed E-state index contributed by atoms with van der Waals surface area (Å²) in [6.45, 7) is -0.479. The Bertz CT molecular complexity index is 533. The van der Waals surface area contributed by atoms with E-state index in [2.05, 4.69) is 15.1 Å². The summed E-state index contributed by atoms with van der Waals surface area (Å²) in [5.74, 6) is 1.04. The molecule has 0 amide bonds. The normalized spacial score (nSPS) is 11.1. The molecular formula is C11H12F2N4O2. The van der Waals surface area contributed by atoms with Crippen LogP contribution in [-0.4, -0.2) is 34.8 Å². The Labute approximate surface area is 107 Å². The molecule has 2 N–H and O–H groups in total. The molecular weight excluding hydrogens is 258 g/mol. The molecule has 2 aromatic heterocycles. The third-order valence-electron chi connectivity index (χ3n) is 2.21. The second-order valence-corrected chi connectivity index (χ2v) is 3.70. The maximum absolute atomic E-state index is 11.8. The second-order valence-electron chi connectivity index (χ2n) is 3.70. The molecule has 0 unspecified atom stereocenters. The van der Waals surface area contributed by atoms with Crippen LogP contribution in [0, 0.1) is 0 Å². The lowest BCUT2D eigenvalue weighted by Crippen LogP contribution is -2.07. The Morgan fingerprint density at radius 1 is 1.42 bits per heavy atom.